The third-order valence-corrected chi connectivity index (χ3v) is 5.87. The van der Waals surface area contributed by atoms with Crippen LogP contribution in [0.3, 0.4) is 0 Å². The van der Waals surface area contributed by atoms with E-state index in [4.69, 9.17) is 5.73 Å². The number of fused-ring (bicyclic) bond motifs is 1. The van der Waals surface area contributed by atoms with Gasteiger partial charge in [-0.2, -0.15) is 0 Å². The van der Waals surface area contributed by atoms with Crippen LogP contribution in [-0.4, -0.2) is 48.6 Å². The first-order valence-electron chi connectivity index (χ1n) is 9.03. The summed E-state index contributed by atoms with van der Waals surface area (Å²) in [6.07, 6.45) is 1.38. The Morgan fingerprint density at radius 2 is 2.00 bits per heavy atom. The number of nitrogens with one attached hydrogen (secondary N) is 2. The maximum absolute atomic E-state index is 11.2. The molecule has 8 heteroatoms. The van der Waals surface area contributed by atoms with Crippen molar-refractivity contribution >= 4 is 27.6 Å². The van der Waals surface area contributed by atoms with Gasteiger partial charge in [-0.3, -0.25) is 19.1 Å². The molecule has 0 aromatic rings. The van der Waals surface area contributed by atoms with Crippen LogP contribution in [0.4, 0.5) is 0 Å². The molecule has 7 nitrogen and oxygen atoms in total. The molecule has 0 radical (unpaired) electrons. The Kier molecular flexibility index (Phi) is 8.29. The molecule has 3 aliphatic rings. The second-order valence-corrected chi connectivity index (χ2v) is 7.97. The number of nitrogens with two attached hydrogens (primary N) is 1. The van der Waals surface area contributed by atoms with E-state index < -0.39 is 11.9 Å². The van der Waals surface area contributed by atoms with Gasteiger partial charge in [-0.1, -0.05) is 37.1 Å². The first-order chi connectivity index (χ1) is 11.8. The fourth-order valence-electron chi connectivity index (χ4n) is 3.67. The highest BCUT2D eigenvalue weighted by atomic mass is 31.0. The van der Waals surface area contributed by atoms with Crippen LogP contribution in [0.2, 0.25) is 0 Å². The van der Waals surface area contributed by atoms with Crippen molar-refractivity contribution in [3.63, 3.8) is 0 Å². The van der Waals surface area contributed by atoms with Crippen LogP contribution in [0.1, 0.15) is 40.5 Å². The summed E-state index contributed by atoms with van der Waals surface area (Å²) in [5.74, 6) is 1.10. The van der Waals surface area contributed by atoms with Gasteiger partial charge in [-0.05, 0) is 30.1 Å². The minimum atomic E-state index is -0.749. The third kappa shape index (κ3) is 5.65. The van der Waals surface area contributed by atoms with Crippen LogP contribution < -0.4 is 16.4 Å². The average Bonchev–Trinajstić information content (AvgIpc) is 2.97. The molecule has 144 valence electrons. The monoisotopic (exact) mass is 372 g/mol. The lowest BCUT2D eigenvalue weighted by molar-refractivity contribution is -0.125. The number of primary amides is 1. The Balaban J connectivity index is 0.000000243. The predicted molar refractivity (Wildman–Crippen MR) is 101 cm³/mol. The molecule has 1 saturated carbocycles. The third-order valence-electron chi connectivity index (χ3n) is 5.45. The molecule has 2 heterocycles. The number of rotatable bonds is 5. The van der Waals surface area contributed by atoms with E-state index in [0.29, 0.717) is 24.8 Å². The number of hydrogen-bond acceptors (Lipinski definition) is 4. The summed E-state index contributed by atoms with van der Waals surface area (Å²) < 4.78 is 2.36. The largest absolute Gasteiger partial charge is 0.368 e. The summed E-state index contributed by atoms with van der Waals surface area (Å²) in [7, 11) is 2.79. The second-order valence-electron chi connectivity index (χ2n) is 7.24. The van der Waals surface area contributed by atoms with Gasteiger partial charge in [-0.25, -0.2) is 0 Å². The number of nitrogens with zero attached hydrogens (tertiary/aromatic N) is 1. The van der Waals surface area contributed by atoms with E-state index in [1.807, 2.05) is 13.8 Å². The molecule has 4 N–H and O–H groups in total. The van der Waals surface area contributed by atoms with Crippen LogP contribution in [0.15, 0.2) is 0 Å². The van der Waals surface area contributed by atoms with Crippen molar-refractivity contribution in [1.29, 1.82) is 0 Å². The fourth-order valence-corrected chi connectivity index (χ4v) is 4.12. The van der Waals surface area contributed by atoms with Crippen molar-refractivity contribution < 1.29 is 14.4 Å². The van der Waals surface area contributed by atoms with Gasteiger partial charge in [0.15, 0.2) is 0 Å². The molecule has 25 heavy (non-hydrogen) atoms. The lowest BCUT2D eigenvalue weighted by atomic mass is 9.98. The van der Waals surface area contributed by atoms with Crippen LogP contribution in [0.5, 0.6) is 0 Å². The minimum Gasteiger partial charge on any atom is -0.368 e. The highest BCUT2D eigenvalue weighted by Gasteiger charge is 2.61. The smallest absolute Gasteiger partial charge is 0.240 e. The average molecular weight is 372 g/mol. The number of hydrogen-bond donors (Lipinski definition) is 3. The highest BCUT2D eigenvalue weighted by molar-refractivity contribution is 7.13. The van der Waals surface area contributed by atoms with Gasteiger partial charge >= 0.3 is 0 Å². The molecule has 3 rings (SSSR count). The van der Waals surface area contributed by atoms with E-state index in [1.165, 1.54) is 13.1 Å². The topological polar surface area (TPSA) is 105 Å². The molecule has 0 aromatic carbocycles. The van der Waals surface area contributed by atoms with Gasteiger partial charge in [0.2, 0.25) is 18.2 Å². The molecule has 3 fully saturated rings. The molecular weight excluding hydrogens is 339 g/mol. The summed E-state index contributed by atoms with van der Waals surface area (Å²) in [5.41, 5.74) is 5.74. The van der Waals surface area contributed by atoms with Crippen molar-refractivity contribution in [3.8, 4) is 0 Å². The molecule has 0 aromatic heterocycles. The summed E-state index contributed by atoms with van der Waals surface area (Å²) in [4.78, 5) is 32.2. The zero-order valence-electron chi connectivity index (χ0n) is 15.7. The first-order valence-corrected chi connectivity index (χ1v) is 9.55. The van der Waals surface area contributed by atoms with Gasteiger partial charge < -0.3 is 16.4 Å². The molecule has 2 unspecified atom stereocenters. The maximum Gasteiger partial charge on any atom is 0.240 e. The van der Waals surface area contributed by atoms with E-state index in [9.17, 15) is 14.4 Å². The second kappa shape index (κ2) is 9.48. The van der Waals surface area contributed by atoms with Crippen LogP contribution in [0, 0.1) is 23.2 Å². The van der Waals surface area contributed by atoms with Crippen molar-refractivity contribution in [2.45, 2.75) is 46.6 Å². The molecule has 0 spiro atoms. The Hall–Kier alpha value is -1.20. The Morgan fingerprint density at radius 3 is 2.36 bits per heavy atom. The predicted octanol–water partition coefficient (Wildman–Crippen LogP) is 0.503. The molecule has 5 atom stereocenters. The highest BCUT2D eigenvalue weighted by Crippen LogP contribution is 2.62. The molecule has 2 saturated heterocycles. The fraction of sp³-hybridized carbons (Fsp3) is 0.824. The van der Waals surface area contributed by atoms with Gasteiger partial charge in [-0.15, -0.1) is 0 Å². The van der Waals surface area contributed by atoms with E-state index in [2.05, 4.69) is 38.5 Å². The zero-order valence-corrected chi connectivity index (χ0v) is 16.9. The zero-order chi connectivity index (χ0) is 19.2. The minimum absolute atomic E-state index is 0.0797. The summed E-state index contributed by atoms with van der Waals surface area (Å²) >= 11 is 0. The number of piperidine rings is 1. The summed E-state index contributed by atoms with van der Waals surface area (Å²) in [5, 5.41) is 4.94. The van der Waals surface area contributed by atoms with E-state index in [-0.39, 0.29) is 18.2 Å². The van der Waals surface area contributed by atoms with E-state index >= 15 is 0 Å². The van der Waals surface area contributed by atoms with Gasteiger partial charge in [0, 0.05) is 25.6 Å². The molecule has 2 aliphatic heterocycles. The van der Waals surface area contributed by atoms with Crippen molar-refractivity contribution in [2.75, 3.05) is 19.6 Å². The van der Waals surface area contributed by atoms with Gasteiger partial charge in [0.05, 0.1) is 0 Å². The number of carbonyl (C=O) groups excluding carboxylic acids is 3. The summed E-state index contributed by atoms with van der Waals surface area (Å²) in [6.45, 7) is 12.0. The van der Waals surface area contributed by atoms with Crippen molar-refractivity contribution in [3.05, 3.63) is 0 Å². The van der Waals surface area contributed by atoms with Crippen molar-refractivity contribution in [1.82, 2.24) is 15.3 Å². The van der Waals surface area contributed by atoms with Gasteiger partial charge in [0.25, 0.3) is 0 Å². The number of carbonyl (C=O) groups is 3. The Morgan fingerprint density at radius 1 is 1.44 bits per heavy atom. The lowest BCUT2D eigenvalue weighted by Gasteiger charge is -2.15. The normalized spacial score (nSPS) is 29.8. The van der Waals surface area contributed by atoms with Gasteiger partial charge in [0.1, 0.15) is 6.04 Å². The van der Waals surface area contributed by atoms with Crippen LogP contribution in [0.25, 0.3) is 0 Å². The molecule has 3 amide bonds. The standard InChI is InChI=1S/C8H13N3O3.C7H14NP.C2H6/c9-7(13)6(11-4-12)3-5-1-2-10-8(5)14;1-7(2)5-3-8(9)4-6(5)7;1-2/h4-6H,1-3H2,(H2,9,13)(H,10,14)(H,11,12);5-6H,3-4,9H2,1-2H3;1-2H3/t5?,6-;5-,6+;/m0../s1. The van der Waals surface area contributed by atoms with E-state index in [0.717, 1.165) is 11.8 Å². The van der Waals surface area contributed by atoms with E-state index in [1.54, 1.807) is 0 Å². The van der Waals surface area contributed by atoms with Crippen LogP contribution >= 0.6 is 9.39 Å². The van der Waals surface area contributed by atoms with Crippen LogP contribution in [-0.2, 0) is 14.4 Å². The summed E-state index contributed by atoms with van der Waals surface area (Å²) in [6, 6.07) is -0.749. The first kappa shape index (κ1) is 21.8. The molecule has 0 bridgehead atoms. The van der Waals surface area contributed by atoms with Crippen molar-refractivity contribution in [2.24, 2.45) is 28.9 Å². The SMILES string of the molecule is CC.CC1(C)[C@@H]2CN(P)C[C@@H]21.NC(=O)[C@H](CC1CCNC1=O)NC=O. The Bertz CT molecular complexity index is 473. The molecule has 1 aliphatic carbocycles. The quantitative estimate of drug-likeness (QED) is 0.483. The number of amides is 3. The lowest BCUT2D eigenvalue weighted by Crippen LogP contribution is -2.42. The Labute approximate surface area is 153 Å². The maximum atomic E-state index is 11.2. The molecular formula is C17H33N4O3P.